The minimum atomic E-state index is -1.80. The average molecular weight is 442 g/mol. The predicted octanol–water partition coefficient (Wildman–Crippen LogP) is -1.63. The maximum atomic E-state index is 11.3. The van der Waals surface area contributed by atoms with Crippen LogP contribution in [0.1, 0.15) is 19.4 Å². The first kappa shape index (κ1) is 25.0. The van der Waals surface area contributed by atoms with E-state index in [9.17, 15) is 30.0 Å². The molecule has 1 saturated heterocycles. The highest BCUT2D eigenvalue weighted by molar-refractivity contribution is 5.76. The Hall–Kier alpha value is -2.28. The summed E-state index contributed by atoms with van der Waals surface area (Å²) < 4.78 is 16.6. The number of aliphatic hydroxyl groups is 3. The summed E-state index contributed by atoms with van der Waals surface area (Å²) >= 11 is 0. The molecule has 1 aliphatic heterocycles. The highest BCUT2D eigenvalue weighted by Gasteiger charge is 2.48. The Morgan fingerprint density at radius 2 is 1.77 bits per heavy atom. The van der Waals surface area contributed by atoms with Crippen LogP contribution >= 0.6 is 0 Å². The van der Waals surface area contributed by atoms with E-state index in [-0.39, 0.29) is 25.6 Å². The zero-order valence-electron chi connectivity index (χ0n) is 17.4. The van der Waals surface area contributed by atoms with Gasteiger partial charge in [-0.2, -0.15) is 0 Å². The molecule has 0 bridgehead atoms. The molecule has 0 aromatic heterocycles. The van der Waals surface area contributed by atoms with Crippen LogP contribution in [0.25, 0.3) is 0 Å². The monoisotopic (exact) mass is 442 g/mol. The van der Waals surface area contributed by atoms with Crippen LogP contribution in [0.5, 0.6) is 5.75 Å². The third-order valence-electron chi connectivity index (χ3n) is 4.63. The largest absolute Gasteiger partial charge is 0.491 e. The molecule has 1 fully saturated rings. The number of hydrogen-bond donors (Lipinski definition) is 6. The number of carbonyl (C=O) groups is 2. The van der Waals surface area contributed by atoms with Gasteiger partial charge in [-0.05, 0) is 17.7 Å². The van der Waals surface area contributed by atoms with Gasteiger partial charge < -0.3 is 45.7 Å². The lowest BCUT2D eigenvalue weighted by molar-refractivity contribution is -0.305. The van der Waals surface area contributed by atoms with Gasteiger partial charge in [0.2, 0.25) is 5.91 Å². The van der Waals surface area contributed by atoms with E-state index in [0.717, 1.165) is 5.56 Å². The number of aliphatic hydroxyl groups excluding tert-OH is 3. The molecule has 0 saturated carbocycles. The van der Waals surface area contributed by atoms with Crippen LogP contribution in [0.2, 0.25) is 0 Å². The number of hydrogen-bond acceptors (Lipinski definition) is 9. The number of aliphatic carboxylic acids is 1. The van der Waals surface area contributed by atoms with Crippen LogP contribution in [-0.4, -0.2) is 88.3 Å². The first-order valence-electron chi connectivity index (χ1n) is 9.89. The lowest BCUT2D eigenvalue weighted by atomic mass is 9.99. The number of amides is 1. The van der Waals surface area contributed by atoms with Crippen molar-refractivity contribution in [2.75, 3.05) is 13.2 Å². The molecule has 1 heterocycles. The lowest BCUT2D eigenvalue weighted by Gasteiger charge is -2.39. The topological polar surface area (TPSA) is 181 Å². The van der Waals surface area contributed by atoms with Gasteiger partial charge in [0.15, 0.2) is 12.4 Å². The second-order valence-corrected chi connectivity index (χ2v) is 7.65. The van der Waals surface area contributed by atoms with Gasteiger partial charge in [-0.3, -0.25) is 4.79 Å². The third-order valence-corrected chi connectivity index (χ3v) is 4.63. The lowest BCUT2D eigenvalue weighted by Crippen LogP contribution is -2.61. The Morgan fingerprint density at radius 1 is 1.13 bits per heavy atom. The second-order valence-electron chi connectivity index (χ2n) is 7.65. The van der Waals surface area contributed by atoms with Gasteiger partial charge in [0.1, 0.15) is 36.8 Å². The zero-order valence-corrected chi connectivity index (χ0v) is 17.4. The number of primary amides is 1. The average Bonchev–Trinajstić information content (AvgIpc) is 2.70. The molecule has 174 valence electrons. The van der Waals surface area contributed by atoms with Crippen LogP contribution in [0.3, 0.4) is 0 Å². The van der Waals surface area contributed by atoms with E-state index in [1.165, 1.54) is 0 Å². The first-order chi connectivity index (χ1) is 14.6. The fourth-order valence-corrected chi connectivity index (χ4v) is 2.96. The van der Waals surface area contributed by atoms with Crippen molar-refractivity contribution in [2.45, 2.75) is 63.1 Å². The molecule has 31 heavy (non-hydrogen) atoms. The summed E-state index contributed by atoms with van der Waals surface area (Å²) in [5.41, 5.74) is 5.91. The summed E-state index contributed by atoms with van der Waals surface area (Å²) in [6.07, 6.45) is -9.02. The van der Waals surface area contributed by atoms with Crippen molar-refractivity contribution < 1.29 is 44.2 Å². The highest BCUT2D eigenvalue weighted by atomic mass is 16.7. The van der Waals surface area contributed by atoms with E-state index in [1.54, 1.807) is 24.3 Å². The number of nitrogens with one attached hydrogen (secondary N) is 1. The zero-order chi connectivity index (χ0) is 23.1. The van der Waals surface area contributed by atoms with E-state index in [0.29, 0.717) is 5.75 Å². The Kier molecular flexibility index (Phi) is 9.16. The van der Waals surface area contributed by atoms with E-state index in [4.69, 9.17) is 19.9 Å². The number of benzene rings is 1. The normalized spacial score (nSPS) is 27.1. The Balaban J connectivity index is 2.03. The maximum absolute atomic E-state index is 11.3. The molecule has 11 heteroatoms. The first-order valence-corrected chi connectivity index (χ1v) is 9.89. The van der Waals surface area contributed by atoms with E-state index in [1.807, 2.05) is 13.8 Å². The van der Waals surface area contributed by atoms with E-state index < -0.39 is 48.7 Å². The number of carboxylic acid groups (broad SMARTS) is 1. The van der Waals surface area contributed by atoms with Crippen LogP contribution < -0.4 is 15.8 Å². The standard InChI is InChI=1S/C20H30N2O9/c1-10(2)22-8-13(9-29-12-5-3-11(4-6-12)7-14(21)23)30-20-17(26)15(24)16(25)18(31-20)19(27)28/h3-6,10,13,15-18,20,22,24-26H,7-9H2,1-2H3,(H2,21,23)(H,27,28)/t13?,15-,16-,17+,18-,20?/m0/s1. The van der Waals surface area contributed by atoms with E-state index in [2.05, 4.69) is 5.32 Å². The van der Waals surface area contributed by atoms with Crippen molar-refractivity contribution in [3.05, 3.63) is 29.8 Å². The Labute approximate surface area is 179 Å². The molecule has 1 aromatic carbocycles. The van der Waals surface area contributed by atoms with Crippen LogP contribution in [-0.2, 0) is 25.5 Å². The summed E-state index contributed by atoms with van der Waals surface area (Å²) in [5, 5.41) is 42.2. The predicted molar refractivity (Wildman–Crippen MR) is 107 cm³/mol. The molecule has 2 unspecified atom stereocenters. The molecule has 0 aliphatic carbocycles. The van der Waals surface area contributed by atoms with Crippen molar-refractivity contribution in [2.24, 2.45) is 5.73 Å². The van der Waals surface area contributed by atoms with Gasteiger partial charge in [-0.25, -0.2) is 4.79 Å². The minimum absolute atomic E-state index is 0.0118. The summed E-state index contributed by atoms with van der Waals surface area (Å²) in [7, 11) is 0. The van der Waals surface area contributed by atoms with Crippen LogP contribution in [0, 0.1) is 0 Å². The number of nitrogens with two attached hydrogens (primary N) is 1. The van der Waals surface area contributed by atoms with Gasteiger partial charge in [-0.1, -0.05) is 26.0 Å². The quantitative estimate of drug-likeness (QED) is 0.233. The molecule has 1 amide bonds. The van der Waals surface area contributed by atoms with Crippen molar-refractivity contribution in [1.82, 2.24) is 5.32 Å². The Morgan fingerprint density at radius 3 is 2.32 bits per heavy atom. The number of rotatable bonds is 11. The molecule has 6 atom stereocenters. The van der Waals surface area contributed by atoms with Crippen LogP contribution in [0.4, 0.5) is 0 Å². The molecule has 1 aromatic rings. The van der Waals surface area contributed by atoms with Crippen molar-refractivity contribution in [3.63, 3.8) is 0 Å². The minimum Gasteiger partial charge on any atom is -0.491 e. The van der Waals surface area contributed by atoms with Crippen LogP contribution in [0.15, 0.2) is 24.3 Å². The molecule has 0 spiro atoms. The van der Waals surface area contributed by atoms with Gasteiger partial charge in [0.05, 0.1) is 6.42 Å². The molecule has 11 nitrogen and oxygen atoms in total. The highest BCUT2D eigenvalue weighted by Crippen LogP contribution is 2.23. The Bertz CT molecular complexity index is 728. The maximum Gasteiger partial charge on any atom is 0.335 e. The summed E-state index contributed by atoms with van der Waals surface area (Å²) in [5.74, 6) is -1.44. The van der Waals surface area contributed by atoms with Gasteiger partial charge >= 0.3 is 5.97 Å². The number of ether oxygens (including phenoxy) is 3. The third kappa shape index (κ3) is 7.42. The molecule has 2 rings (SSSR count). The summed E-state index contributed by atoms with van der Waals surface area (Å²) in [6, 6.07) is 6.84. The summed E-state index contributed by atoms with van der Waals surface area (Å²) in [4.78, 5) is 22.3. The van der Waals surface area contributed by atoms with Gasteiger partial charge in [0.25, 0.3) is 0 Å². The molecule has 0 radical (unpaired) electrons. The molecular formula is C20H30N2O9. The van der Waals surface area contributed by atoms with E-state index >= 15 is 0 Å². The second kappa shape index (κ2) is 11.4. The number of carboxylic acids is 1. The fraction of sp³-hybridized carbons (Fsp3) is 0.600. The van der Waals surface area contributed by atoms with Crippen molar-refractivity contribution >= 4 is 11.9 Å². The van der Waals surface area contributed by atoms with Crippen molar-refractivity contribution in [1.29, 1.82) is 0 Å². The fourth-order valence-electron chi connectivity index (χ4n) is 2.96. The SMILES string of the molecule is CC(C)NCC(COc1ccc(CC(N)=O)cc1)OC1O[C@H](C(=O)O)[C@@H](O)[C@H](O)[C@H]1O. The van der Waals surface area contributed by atoms with Crippen molar-refractivity contribution in [3.8, 4) is 5.75 Å². The van der Waals surface area contributed by atoms with Gasteiger partial charge in [-0.15, -0.1) is 0 Å². The molecular weight excluding hydrogens is 412 g/mol. The number of carbonyl (C=O) groups excluding carboxylic acids is 1. The molecule has 7 N–H and O–H groups in total. The molecule has 1 aliphatic rings. The smallest absolute Gasteiger partial charge is 0.335 e. The summed E-state index contributed by atoms with van der Waals surface area (Å²) in [6.45, 7) is 4.13. The van der Waals surface area contributed by atoms with Gasteiger partial charge in [0, 0.05) is 12.6 Å².